The fourth-order valence-electron chi connectivity index (χ4n) is 3.55. The molecule has 0 saturated heterocycles. The van der Waals surface area contributed by atoms with Crippen LogP contribution in [0.5, 0.6) is 17.2 Å². The summed E-state index contributed by atoms with van der Waals surface area (Å²) in [5.41, 5.74) is 1.63. The van der Waals surface area contributed by atoms with Crippen LogP contribution in [0.25, 0.3) is 10.9 Å². The number of sulfone groups is 1. The Hall–Kier alpha value is -3.09. The van der Waals surface area contributed by atoms with Crippen LogP contribution in [-0.2, 0) is 19.4 Å². The van der Waals surface area contributed by atoms with E-state index in [9.17, 15) is 13.2 Å². The van der Waals surface area contributed by atoms with Crippen LogP contribution < -0.4 is 14.8 Å². The zero-order chi connectivity index (χ0) is 25.0. The van der Waals surface area contributed by atoms with Gasteiger partial charge in [0.2, 0.25) is 5.91 Å². The average molecular weight is 519 g/mol. The zero-order valence-electron chi connectivity index (χ0n) is 19.5. The molecule has 0 spiro atoms. The summed E-state index contributed by atoms with van der Waals surface area (Å²) in [5.74, 6) is 1.48. The van der Waals surface area contributed by atoms with E-state index in [2.05, 4.69) is 20.3 Å². The first-order valence-corrected chi connectivity index (χ1v) is 13.6. The molecular weight excluding hydrogens is 492 g/mol. The molecule has 0 bridgehead atoms. The van der Waals surface area contributed by atoms with E-state index in [-0.39, 0.29) is 16.2 Å². The van der Waals surface area contributed by atoms with E-state index < -0.39 is 9.84 Å². The van der Waals surface area contributed by atoms with Crippen LogP contribution in [0.1, 0.15) is 12.1 Å². The molecule has 4 rings (SSSR count). The molecule has 2 N–H and O–H groups in total. The molecular formula is C23H26N4O6S2. The molecule has 0 radical (unpaired) electrons. The number of thioether (sulfide) groups is 1. The molecule has 2 aromatic heterocycles. The van der Waals surface area contributed by atoms with Crippen molar-refractivity contribution in [1.82, 2.24) is 15.3 Å². The second kappa shape index (κ2) is 10.7. The number of nitrogens with one attached hydrogen (secondary N) is 2. The Bertz CT molecular complexity index is 1350. The molecule has 1 aliphatic heterocycles. The van der Waals surface area contributed by atoms with E-state index in [1.165, 1.54) is 12.3 Å². The Labute approximate surface area is 207 Å². The molecule has 0 aliphatic carbocycles. The average Bonchev–Trinajstić information content (AvgIpc) is 3.45. The summed E-state index contributed by atoms with van der Waals surface area (Å²) < 4.78 is 39.6. The maximum atomic E-state index is 12.1. The lowest BCUT2D eigenvalue weighted by atomic mass is 10.2. The highest BCUT2D eigenvalue weighted by Gasteiger charge is 2.25. The minimum absolute atomic E-state index is 0.0184. The van der Waals surface area contributed by atoms with E-state index in [0.29, 0.717) is 43.4 Å². The number of aromatic nitrogens is 2. The smallest absolute Gasteiger partial charge is 0.221 e. The van der Waals surface area contributed by atoms with Gasteiger partial charge >= 0.3 is 0 Å². The van der Waals surface area contributed by atoms with Gasteiger partial charge in [0.15, 0.2) is 14.9 Å². The highest BCUT2D eigenvalue weighted by atomic mass is 32.2. The number of aliphatic imine (C=N–C) groups is 1. The minimum Gasteiger partial charge on any atom is -0.494 e. The normalized spacial score (nSPS) is 15.7. The highest BCUT2D eigenvalue weighted by molar-refractivity contribution is 8.15. The molecule has 3 aromatic rings. The highest BCUT2D eigenvalue weighted by Crippen LogP contribution is 2.36. The number of carbonyl (C=O) groups excluding carboxylic acids is 1. The summed E-state index contributed by atoms with van der Waals surface area (Å²) >= 11 is 1.57. The third-order valence-electron chi connectivity index (χ3n) is 5.20. The number of hydrogen-bond donors (Lipinski definition) is 2. The number of benzene rings is 1. The van der Waals surface area contributed by atoms with Crippen molar-refractivity contribution >= 4 is 43.5 Å². The molecule has 1 aliphatic rings. The summed E-state index contributed by atoms with van der Waals surface area (Å²) in [6, 6.07) is 8.51. The van der Waals surface area contributed by atoms with Gasteiger partial charge in [0.25, 0.3) is 0 Å². The summed E-state index contributed by atoms with van der Waals surface area (Å²) in [4.78, 5) is 24.0. The van der Waals surface area contributed by atoms with E-state index in [1.54, 1.807) is 38.1 Å². The largest absolute Gasteiger partial charge is 0.494 e. The van der Waals surface area contributed by atoms with Crippen LogP contribution in [0.4, 0.5) is 0 Å². The number of carbonyl (C=O) groups is 1. The van der Waals surface area contributed by atoms with E-state index in [4.69, 9.17) is 14.2 Å². The predicted molar refractivity (Wildman–Crippen MR) is 135 cm³/mol. The van der Waals surface area contributed by atoms with Crippen LogP contribution in [-0.4, -0.2) is 74.8 Å². The first kappa shape index (κ1) is 25.0. The fourth-order valence-corrected chi connectivity index (χ4v) is 5.19. The van der Waals surface area contributed by atoms with Gasteiger partial charge in [0, 0.05) is 43.0 Å². The van der Waals surface area contributed by atoms with Crippen LogP contribution in [0, 0.1) is 0 Å². The third kappa shape index (κ3) is 6.13. The van der Waals surface area contributed by atoms with Gasteiger partial charge in [-0.3, -0.25) is 9.79 Å². The summed E-state index contributed by atoms with van der Waals surface area (Å²) in [6.07, 6.45) is 2.85. The van der Waals surface area contributed by atoms with Gasteiger partial charge in [-0.25, -0.2) is 13.4 Å². The topological polar surface area (TPSA) is 132 Å². The SMILES string of the molecule is COCCNC(=O)CC1CN=C(c2cc3cc(Oc4ccc(S(C)(=O)=O)nc4)cc(OC)c3[nH]2)S1. The van der Waals surface area contributed by atoms with Crippen molar-refractivity contribution in [1.29, 1.82) is 0 Å². The van der Waals surface area contributed by atoms with Crippen LogP contribution in [0.15, 0.2) is 46.5 Å². The summed E-state index contributed by atoms with van der Waals surface area (Å²) in [5, 5.41) is 4.58. The van der Waals surface area contributed by atoms with Crippen molar-refractivity contribution in [2.24, 2.45) is 4.99 Å². The Kier molecular flexibility index (Phi) is 7.63. The van der Waals surface area contributed by atoms with Crippen LogP contribution in [0.3, 0.4) is 0 Å². The predicted octanol–water partition coefficient (Wildman–Crippen LogP) is 2.78. The molecule has 1 aromatic carbocycles. The number of nitrogens with zero attached hydrogens (tertiary/aromatic N) is 2. The fraction of sp³-hybridized carbons (Fsp3) is 0.348. The second-order valence-electron chi connectivity index (χ2n) is 7.91. The Morgan fingerprint density at radius 1 is 1.23 bits per heavy atom. The molecule has 35 heavy (non-hydrogen) atoms. The lowest BCUT2D eigenvalue weighted by Crippen LogP contribution is -2.29. The number of methoxy groups -OCH3 is 2. The van der Waals surface area contributed by atoms with Gasteiger partial charge < -0.3 is 24.5 Å². The summed E-state index contributed by atoms with van der Waals surface area (Å²) in [7, 11) is -0.218. The number of H-pyrrole nitrogens is 1. The van der Waals surface area contributed by atoms with Crippen LogP contribution >= 0.6 is 11.8 Å². The molecule has 1 amide bonds. The number of hydrogen-bond acceptors (Lipinski definition) is 9. The van der Waals surface area contributed by atoms with Crippen molar-refractivity contribution in [3.63, 3.8) is 0 Å². The van der Waals surface area contributed by atoms with Gasteiger partial charge in [-0.2, -0.15) is 0 Å². The Morgan fingerprint density at radius 2 is 2.06 bits per heavy atom. The molecule has 1 unspecified atom stereocenters. The van der Waals surface area contributed by atoms with Crippen molar-refractivity contribution < 1.29 is 27.4 Å². The number of aromatic amines is 1. The number of pyridine rings is 1. The first-order valence-electron chi connectivity index (χ1n) is 10.8. The Balaban J connectivity index is 1.48. The molecule has 3 heterocycles. The lowest BCUT2D eigenvalue weighted by molar-refractivity contribution is -0.121. The molecule has 0 fully saturated rings. The molecule has 0 saturated carbocycles. The van der Waals surface area contributed by atoms with Gasteiger partial charge in [-0.15, -0.1) is 0 Å². The van der Waals surface area contributed by atoms with Crippen molar-refractivity contribution in [2.75, 3.05) is 40.2 Å². The number of amides is 1. The lowest BCUT2D eigenvalue weighted by Gasteiger charge is -2.09. The van der Waals surface area contributed by atoms with E-state index in [0.717, 1.165) is 27.9 Å². The molecule has 186 valence electrons. The van der Waals surface area contributed by atoms with Gasteiger partial charge in [0.05, 0.1) is 37.7 Å². The Morgan fingerprint density at radius 3 is 2.74 bits per heavy atom. The molecule has 1 atom stereocenters. The molecule has 10 nitrogen and oxygen atoms in total. The van der Waals surface area contributed by atoms with Crippen molar-refractivity contribution in [3.8, 4) is 17.2 Å². The van der Waals surface area contributed by atoms with Gasteiger partial charge in [-0.1, -0.05) is 11.8 Å². The van der Waals surface area contributed by atoms with Crippen molar-refractivity contribution in [2.45, 2.75) is 16.7 Å². The van der Waals surface area contributed by atoms with E-state index in [1.807, 2.05) is 12.1 Å². The monoisotopic (exact) mass is 518 g/mol. The number of ether oxygens (including phenoxy) is 3. The number of fused-ring (bicyclic) bond motifs is 1. The first-order chi connectivity index (χ1) is 16.8. The third-order valence-corrected chi connectivity index (χ3v) is 7.42. The standard InChI is InChI=1S/C23H26N4O6S2/c1-31-7-6-24-20(28)11-17-13-26-23(34-17)18-9-14-8-16(10-19(32-2)22(14)27-18)33-15-4-5-21(25-12-15)35(3,29)30/h4-5,8-10,12,17,27H,6-7,11,13H2,1-3H3,(H,24,28). The van der Waals surface area contributed by atoms with E-state index >= 15 is 0 Å². The second-order valence-corrected chi connectivity index (χ2v) is 11.2. The van der Waals surface area contributed by atoms with Gasteiger partial charge in [0.1, 0.15) is 22.3 Å². The quantitative estimate of drug-likeness (QED) is 0.392. The zero-order valence-corrected chi connectivity index (χ0v) is 21.2. The maximum Gasteiger partial charge on any atom is 0.221 e. The maximum absolute atomic E-state index is 12.1. The summed E-state index contributed by atoms with van der Waals surface area (Å²) in [6.45, 7) is 1.54. The minimum atomic E-state index is -3.38. The van der Waals surface area contributed by atoms with Gasteiger partial charge in [-0.05, 0) is 24.3 Å². The molecule has 12 heteroatoms. The van der Waals surface area contributed by atoms with Crippen molar-refractivity contribution in [3.05, 3.63) is 42.2 Å². The number of rotatable bonds is 10. The van der Waals surface area contributed by atoms with Crippen LogP contribution in [0.2, 0.25) is 0 Å².